The van der Waals surface area contributed by atoms with Gasteiger partial charge in [0.2, 0.25) is 0 Å². The van der Waals surface area contributed by atoms with E-state index in [1.54, 1.807) is 6.20 Å². The summed E-state index contributed by atoms with van der Waals surface area (Å²) in [6, 6.07) is 10.7. The number of nitrogens with one attached hydrogen (secondary N) is 1. The van der Waals surface area contributed by atoms with Gasteiger partial charge in [-0.1, -0.05) is 18.2 Å². The van der Waals surface area contributed by atoms with Gasteiger partial charge in [-0.25, -0.2) is 0 Å². The first-order valence-corrected chi connectivity index (χ1v) is 6.21. The van der Waals surface area contributed by atoms with Gasteiger partial charge >= 0.3 is 0 Å². The van der Waals surface area contributed by atoms with Gasteiger partial charge in [0, 0.05) is 18.8 Å². The smallest absolute Gasteiger partial charge is 0.122 e. The van der Waals surface area contributed by atoms with Gasteiger partial charge in [0.1, 0.15) is 5.75 Å². The number of hydrogen-bond acceptors (Lipinski definition) is 3. The second kappa shape index (κ2) is 4.78. The minimum atomic E-state index is 0.185. The van der Waals surface area contributed by atoms with Crippen molar-refractivity contribution in [1.82, 2.24) is 10.3 Å². The van der Waals surface area contributed by atoms with Crippen LogP contribution in [0.5, 0.6) is 5.75 Å². The van der Waals surface area contributed by atoms with Crippen LogP contribution in [0.4, 0.5) is 0 Å². The molecule has 0 amide bonds. The van der Waals surface area contributed by atoms with Crippen molar-refractivity contribution in [3.05, 3.63) is 59.4 Å². The molecule has 18 heavy (non-hydrogen) atoms. The Kier molecular flexibility index (Phi) is 2.99. The molecule has 0 saturated heterocycles. The fraction of sp³-hybridized carbons (Fsp3) is 0.267. The molecule has 0 radical (unpaired) electrons. The van der Waals surface area contributed by atoms with Crippen molar-refractivity contribution in [3.8, 4) is 5.75 Å². The average molecular weight is 240 g/mol. The maximum Gasteiger partial charge on any atom is 0.122 e. The fourth-order valence-corrected chi connectivity index (χ4v) is 2.46. The summed E-state index contributed by atoms with van der Waals surface area (Å²) in [6.45, 7) is 0.801. The highest BCUT2D eigenvalue weighted by atomic mass is 16.5. The van der Waals surface area contributed by atoms with Crippen molar-refractivity contribution in [1.29, 1.82) is 0 Å². The zero-order chi connectivity index (χ0) is 12.4. The van der Waals surface area contributed by atoms with Crippen LogP contribution in [0.2, 0.25) is 0 Å². The van der Waals surface area contributed by atoms with E-state index in [4.69, 9.17) is 4.74 Å². The molecular formula is C15H16N2O. The maximum atomic E-state index is 5.54. The molecule has 1 unspecified atom stereocenters. The lowest BCUT2D eigenvalue weighted by molar-refractivity contribution is 0.357. The molecule has 2 heterocycles. The summed E-state index contributed by atoms with van der Waals surface area (Å²) in [4.78, 5) is 4.19. The molecule has 3 heteroatoms. The second-order valence-electron chi connectivity index (χ2n) is 4.47. The van der Waals surface area contributed by atoms with Crippen molar-refractivity contribution >= 4 is 0 Å². The van der Waals surface area contributed by atoms with Crippen LogP contribution < -0.4 is 10.1 Å². The largest absolute Gasteiger partial charge is 0.493 e. The lowest BCUT2D eigenvalue weighted by atomic mass is 9.98. The van der Waals surface area contributed by atoms with Crippen molar-refractivity contribution in [3.63, 3.8) is 0 Å². The van der Waals surface area contributed by atoms with Crippen molar-refractivity contribution in [2.24, 2.45) is 0 Å². The quantitative estimate of drug-likeness (QED) is 0.894. The van der Waals surface area contributed by atoms with E-state index >= 15 is 0 Å². The SMILES string of the molecule is CNC(c1cccnc1)c1ccc2c(c1)CCO2. The van der Waals surface area contributed by atoms with Gasteiger partial charge in [0.05, 0.1) is 12.6 Å². The average Bonchev–Trinajstić information content (AvgIpc) is 2.88. The molecule has 0 bridgehead atoms. The van der Waals surface area contributed by atoms with E-state index in [1.807, 2.05) is 19.3 Å². The summed E-state index contributed by atoms with van der Waals surface area (Å²) < 4.78 is 5.54. The van der Waals surface area contributed by atoms with E-state index in [-0.39, 0.29) is 6.04 Å². The van der Waals surface area contributed by atoms with Crippen LogP contribution in [-0.4, -0.2) is 18.6 Å². The van der Waals surface area contributed by atoms with E-state index in [1.165, 1.54) is 16.7 Å². The predicted molar refractivity (Wildman–Crippen MR) is 70.8 cm³/mol. The number of ether oxygens (including phenoxy) is 1. The summed E-state index contributed by atoms with van der Waals surface area (Å²) in [7, 11) is 1.97. The van der Waals surface area contributed by atoms with E-state index in [9.17, 15) is 0 Å². The molecule has 1 aromatic carbocycles. The topological polar surface area (TPSA) is 34.2 Å². The highest BCUT2D eigenvalue weighted by Gasteiger charge is 2.17. The highest BCUT2D eigenvalue weighted by molar-refractivity contribution is 5.42. The van der Waals surface area contributed by atoms with Crippen LogP contribution in [0.1, 0.15) is 22.7 Å². The zero-order valence-electron chi connectivity index (χ0n) is 10.4. The first-order valence-electron chi connectivity index (χ1n) is 6.21. The summed E-state index contributed by atoms with van der Waals surface area (Å²) in [5, 5.41) is 3.34. The molecule has 0 spiro atoms. The van der Waals surface area contributed by atoms with Crippen molar-refractivity contribution < 1.29 is 4.74 Å². The molecular weight excluding hydrogens is 224 g/mol. The van der Waals surface area contributed by atoms with Crippen LogP contribution in [0.25, 0.3) is 0 Å². The van der Waals surface area contributed by atoms with Gasteiger partial charge in [-0.3, -0.25) is 4.98 Å². The molecule has 1 atom stereocenters. The third kappa shape index (κ3) is 1.97. The minimum absolute atomic E-state index is 0.185. The monoisotopic (exact) mass is 240 g/mol. The van der Waals surface area contributed by atoms with Gasteiger partial charge < -0.3 is 10.1 Å². The molecule has 1 aromatic heterocycles. The first kappa shape index (κ1) is 11.2. The molecule has 2 aromatic rings. The Morgan fingerprint density at radius 2 is 2.22 bits per heavy atom. The summed E-state index contributed by atoms with van der Waals surface area (Å²) in [5.74, 6) is 1.03. The third-order valence-electron chi connectivity index (χ3n) is 3.35. The van der Waals surface area contributed by atoms with Crippen LogP contribution >= 0.6 is 0 Å². The Morgan fingerprint density at radius 3 is 3.00 bits per heavy atom. The van der Waals surface area contributed by atoms with E-state index in [0.717, 1.165) is 18.8 Å². The summed E-state index contributed by atoms with van der Waals surface area (Å²) >= 11 is 0. The number of nitrogens with zero attached hydrogens (tertiary/aromatic N) is 1. The van der Waals surface area contributed by atoms with Crippen LogP contribution in [0, 0.1) is 0 Å². The van der Waals surface area contributed by atoms with E-state index in [0.29, 0.717) is 0 Å². The van der Waals surface area contributed by atoms with E-state index < -0.39 is 0 Å². The standard InChI is InChI=1S/C15H16N2O/c1-16-15(13-3-2-7-17-10-13)12-4-5-14-11(9-12)6-8-18-14/h2-5,7,9-10,15-16H,6,8H2,1H3. The number of rotatable bonds is 3. The molecule has 0 aliphatic carbocycles. The van der Waals surface area contributed by atoms with Crippen LogP contribution in [-0.2, 0) is 6.42 Å². The van der Waals surface area contributed by atoms with Crippen molar-refractivity contribution in [2.45, 2.75) is 12.5 Å². The normalized spacial score (nSPS) is 14.9. The molecule has 1 aliphatic rings. The molecule has 0 fully saturated rings. The number of hydrogen-bond donors (Lipinski definition) is 1. The molecule has 3 rings (SSSR count). The lowest BCUT2D eigenvalue weighted by Crippen LogP contribution is -2.17. The Bertz CT molecular complexity index is 539. The van der Waals surface area contributed by atoms with Gasteiger partial charge in [-0.2, -0.15) is 0 Å². The van der Waals surface area contributed by atoms with Gasteiger partial charge in [-0.15, -0.1) is 0 Å². The Balaban J connectivity index is 1.97. The number of aromatic nitrogens is 1. The minimum Gasteiger partial charge on any atom is -0.493 e. The zero-order valence-corrected chi connectivity index (χ0v) is 10.4. The van der Waals surface area contributed by atoms with Crippen LogP contribution in [0.3, 0.4) is 0 Å². The summed E-state index contributed by atoms with van der Waals surface area (Å²) in [5.41, 5.74) is 3.74. The predicted octanol–water partition coefficient (Wildman–Crippen LogP) is 2.33. The number of fused-ring (bicyclic) bond motifs is 1. The molecule has 1 N–H and O–H groups in total. The Hall–Kier alpha value is -1.87. The molecule has 92 valence electrons. The summed E-state index contributed by atoms with van der Waals surface area (Å²) in [6.07, 6.45) is 4.71. The number of benzene rings is 1. The molecule has 3 nitrogen and oxygen atoms in total. The van der Waals surface area contributed by atoms with Crippen LogP contribution in [0.15, 0.2) is 42.7 Å². The van der Waals surface area contributed by atoms with Gasteiger partial charge in [0.15, 0.2) is 0 Å². The third-order valence-corrected chi connectivity index (χ3v) is 3.35. The fourth-order valence-electron chi connectivity index (χ4n) is 2.46. The van der Waals surface area contributed by atoms with Gasteiger partial charge in [-0.05, 0) is 35.9 Å². The first-order chi connectivity index (χ1) is 8.88. The van der Waals surface area contributed by atoms with Gasteiger partial charge in [0.25, 0.3) is 0 Å². The maximum absolute atomic E-state index is 5.54. The van der Waals surface area contributed by atoms with E-state index in [2.05, 4.69) is 34.6 Å². The second-order valence-corrected chi connectivity index (χ2v) is 4.47. The molecule has 1 aliphatic heterocycles. The Labute approximate surface area is 107 Å². The van der Waals surface area contributed by atoms with Crippen molar-refractivity contribution in [2.75, 3.05) is 13.7 Å². The Morgan fingerprint density at radius 1 is 1.28 bits per heavy atom. The molecule has 0 saturated carbocycles. The lowest BCUT2D eigenvalue weighted by Gasteiger charge is -2.17. The number of pyridine rings is 1. The highest BCUT2D eigenvalue weighted by Crippen LogP contribution is 2.30.